The lowest BCUT2D eigenvalue weighted by Gasteiger charge is -2.15. The zero-order chi connectivity index (χ0) is 12.8. The summed E-state index contributed by atoms with van der Waals surface area (Å²) in [6, 6.07) is 6.39. The largest absolute Gasteiger partial charge is 0.492 e. The van der Waals surface area contributed by atoms with Gasteiger partial charge in [0.25, 0.3) is 0 Å². The molecule has 1 aromatic rings. The summed E-state index contributed by atoms with van der Waals surface area (Å²) in [7, 11) is 0. The Morgan fingerprint density at radius 3 is 2.19 bits per heavy atom. The zero-order valence-corrected chi connectivity index (χ0v) is 11.8. The van der Waals surface area contributed by atoms with E-state index < -0.39 is 0 Å². The van der Waals surface area contributed by atoms with Crippen LogP contribution < -0.4 is 4.74 Å². The van der Waals surface area contributed by atoms with E-state index in [1.165, 1.54) is 11.1 Å². The first-order valence-corrected chi connectivity index (χ1v) is 6.33. The van der Waals surface area contributed by atoms with Crippen molar-refractivity contribution >= 4 is 0 Å². The molecule has 0 radical (unpaired) electrons. The summed E-state index contributed by atoms with van der Waals surface area (Å²) < 4.78 is 5.57. The fourth-order valence-corrected chi connectivity index (χ4v) is 1.63. The molecule has 0 N–H and O–H groups in total. The number of benzene rings is 1. The minimum atomic E-state index is 0.196. The van der Waals surface area contributed by atoms with Gasteiger partial charge in [0.2, 0.25) is 0 Å². The van der Waals surface area contributed by atoms with Gasteiger partial charge in [-0.1, -0.05) is 59.2 Å². The maximum Gasteiger partial charge on any atom is 0.123 e. The third-order valence-corrected chi connectivity index (χ3v) is 2.45. The Morgan fingerprint density at radius 1 is 1.06 bits per heavy atom. The smallest absolute Gasteiger partial charge is 0.123 e. The standard InChI is InChI=1S/C11H14O.2C2H6/c1-8-4-5-10-9(6-8)11(2,3)7-12-10;2*1-2/h4-6H,7H2,1-3H3;2*1-2H3. The van der Waals surface area contributed by atoms with Crippen LogP contribution in [0, 0.1) is 6.92 Å². The Morgan fingerprint density at radius 2 is 1.62 bits per heavy atom. The number of aryl methyl sites for hydroxylation is 1. The summed E-state index contributed by atoms with van der Waals surface area (Å²) in [4.78, 5) is 0. The predicted molar refractivity (Wildman–Crippen MR) is 72.4 cm³/mol. The van der Waals surface area contributed by atoms with Gasteiger partial charge < -0.3 is 4.74 Å². The van der Waals surface area contributed by atoms with E-state index in [1.54, 1.807) is 0 Å². The molecule has 0 aliphatic carbocycles. The van der Waals surface area contributed by atoms with Crippen molar-refractivity contribution in [2.45, 2.75) is 53.9 Å². The number of rotatable bonds is 0. The van der Waals surface area contributed by atoms with Crippen LogP contribution in [0.3, 0.4) is 0 Å². The van der Waals surface area contributed by atoms with Crippen molar-refractivity contribution in [3.8, 4) is 5.75 Å². The highest BCUT2D eigenvalue weighted by Gasteiger charge is 2.31. The first-order valence-electron chi connectivity index (χ1n) is 6.33. The summed E-state index contributed by atoms with van der Waals surface area (Å²) in [5, 5.41) is 0. The zero-order valence-electron chi connectivity index (χ0n) is 11.8. The molecule has 92 valence electrons. The van der Waals surface area contributed by atoms with Crippen LogP contribution in [0.15, 0.2) is 18.2 Å². The molecule has 1 aliphatic heterocycles. The second-order valence-electron chi connectivity index (χ2n) is 4.17. The van der Waals surface area contributed by atoms with E-state index in [-0.39, 0.29) is 5.41 Å². The Bertz CT molecular complexity index is 313. The van der Waals surface area contributed by atoms with Crippen molar-refractivity contribution in [2.24, 2.45) is 0 Å². The first kappa shape index (κ1) is 15.0. The van der Waals surface area contributed by atoms with Gasteiger partial charge in [0.1, 0.15) is 5.75 Å². The van der Waals surface area contributed by atoms with E-state index in [1.807, 2.05) is 27.7 Å². The van der Waals surface area contributed by atoms with E-state index in [4.69, 9.17) is 4.74 Å². The average molecular weight is 222 g/mol. The third-order valence-electron chi connectivity index (χ3n) is 2.45. The van der Waals surface area contributed by atoms with Gasteiger partial charge in [-0.2, -0.15) is 0 Å². The summed E-state index contributed by atoms with van der Waals surface area (Å²) in [5.41, 5.74) is 2.86. The van der Waals surface area contributed by atoms with E-state index in [2.05, 4.69) is 39.0 Å². The van der Waals surface area contributed by atoms with Crippen molar-refractivity contribution < 1.29 is 4.74 Å². The number of fused-ring (bicyclic) bond motifs is 1. The van der Waals surface area contributed by atoms with Gasteiger partial charge >= 0.3 is 0 Å². The molecule has 0 amide bonds. The van der Waals surface area contributed by atoms with Crippen molar-refractivity contribution in [1.82, 2.24) is 0 Å². The van der Waals surface area contributed by atoms with Crippen LogP contribution in [-0.2, 0) is 5.41 Å². The molecular formula is C15H26O. The average Bonchev–Trinajstić information content (AvgIpc) is 2.61. The van der Waals surface area contributed by atoms with Gasteiger partial charge in [0, 0.05) is 11.0 Å². The highest BCUT2D eigenvalue weighted by Crippen LogP contribution is 2.38. The monoisotopic (exact) mass is 222 g/mol. The highest BCUT2D eigenvalue weighted by atomic mass is 16.5. The van der Waals surface area contributed by atoms with Gasteiger partial charge in [-0.3, -0.25) is 0 Å². The summed E-state index contributed by atoms with van der Waals surface area (Å²) >= 11 is 0. The molecule has 0 saturated carbocycles. The van der Waals surface area contributed by atoms with E-state index >= 15 is 0 Å². The maximum atomic E-state index is 5.57. The van der Waals surface area contributed by atoms with Crippen LogP contribution in [0.5, 0.6) is 5.75 Å². The molecule has 2 rings (SSSR count). The highest BCUT2D eigenvalue weighted by molar-refractivity contribution is 5.44. The molecule has 0 spiro atoms. The predicted octanol–water partition coefficient (Wildman–Crippen LogP) is 4.72. The fraction of sp³-hybridized carbons (Fsp3) is 0.600. The van der Waals surface area contributed by atoms with Crippen LogP contribution in [0.25, 0.3) is 0 Å². The first-order chi connectivity index (χ1) is 7.59. The third kappa shape index (κ3) is 3.26. The molecule has 0 unspecified atom stereocenters. The summed E-state index contributed by atoms with van der Waals surface area (Å²) in [6.45, 7) is 15.4. The van der Waals surface area contributed by atoms with Crippen LogP contribution >= 0.6 is 0 Å². The number of hydrogen-bond donors (Lipinski definition) is 0. The Labute approximate surface area is 101 Å². The molecule has 1 aliphatic rings. The van der Waals surface area contributed by atoms with Crippen LogP contribution in [-0.4, -0.2) is 6.61 Å². The van der Waals surface area contributed by atoms with Gasteiger partial charge in [-0.25, -0.2) is 0 Å². The Kier molecular flexibility index (Phi) is 6.17. The lowest BCUT2D eigenvalue weighted by Crippen LogP contribution is -2.18. The number of ether oxygens (including phenoxy) is 1. The molecule has 0 bridgehead atoms. The topological polar surface area (TPSA) is 9.23 Å². The normalized spacial score (nSPS) is 14.7. The molecule has 1 heterocycles. The molecule has 1 heteroatoms. The van der Waals surface area contributed by atoms with Crippen molar-refractivity contribution in [2.75, 3.05) is 6.61 Å². The molecule has 16 heavy (non-hydrogen) atoms. The lowest BCUT2D eigenvalue weighted by atomic mass is 9.86. The molecule has 0 saturated heterocycles. The molecule has 1 aromatic carbocycles. The molecule has 1 nitrogen and oxygen atoms in total. The van der Waals surface area contributed by atoms with Gasteiger partial charge in [-0.05, 0) is 13.0 Å². The molecular weight excluding hydrogens is 196 g/mol. The van der Waals surface area contributed by atoms with Gasteiger partial charge in [0.15, 0.2) is 0 Å². The minimum absolute atomic E-state index is 0.196. The molecule has 0 aromatic heterocycles. The van der Waals surface area contributed by atoms with E-state index in [0.29, 0.717) is 0 Å². The molecule has 0 atom stereocenters. The summed E-state index contributed by atoms with van der Waals surface area (Å²) in [5.74, 6) is 1.06. The summed E-state index contributed by atoms with van der Waals surface area (Å²) in [6.07, 6.45) is 0. The minimum Gasteiger partial charge on any atom is -0.492 e. The van der Waals surface area contributed by atoms with Crippen molar-refractivity contribution in [1.29, 1.82) is 0 Å². The van der Waals surface area contributed by atoms with Crippen LogP contribution in [0.4, 0.5) is 0 Å². The Balaban J connectivity index is 0.000000509. The second-order valence-corrected chi connectivity index (χ2v) is 4.17. The van der Waals surface area contributed by atoms with Crippen LogP contribution in [0.2, 0.25) is 0 Å². The maximum absolute atomic E-state index is 5.57. The number of hydrogen-bond acceptors (Lipinski definition) is 1. The van der Waals surface area contributed by atoms with Gasteiger partial charge in [0.05, 0.1) is 6.61 Å². The second kappa shape index (κ2) is 6.57. The van der Waals surface area contributed by atoms with Gasteiger partial charge in [-0.15, -0.1) is 0 Å². The molecule has 0 fully saturated rings. The SMILES string of the molecule is CC.CC.Cc1ccc2c(c1)C(C)(C)CO2. The van der Waals surface area contributed by atoms with E-state index in [0.717, 1.165) is 12.4 Å². The van der Waals surface area contributed by atoms with E-state index in [9.17, 15) is 0 Å². The lowest BCUT2D eigenvalue weighted by molar-refractivity contribution is 0.291. The Hall–Kier alpha value is -0.980. The van der Waals surface area contributed by atoms with Crippen molar-refractivity contribution in [3.05, 3.63) is 29.3 Å². The fourth-order valence-electron chi connectivity index (χ4n) is 1.63. The van der Waals surface area contributed by atoms with Crippen molar-refractivity contribution in [3.63, 3.8) is 0 Å². The van der Waals surface area contributed by atoms with Crippen LogP contribution in [0.1, 0.15) is 52.7 Å². The quantitative estimate of drug-likeness (QED) is 0.617.